The number of sulfonamides is 1. The Balaban J connectivity index is 1.67. The molecule has 0 saturated carbocycles. The summed E-state index contributed by atoms with van der Waals surface area (Å²) >= 11 is 11.9. The Morgan fingerprint density at radius 1 is 1.02 bits per heavy atom. The SMILES string of the molecule is CCN(CCN(C(=O)[C@H](CC(C)C)NC(=O)c1nc2ccccc2[nH]1)C(C)C)C(=O)CNS(=O)(=O)c1ccc(Cl)cc1Cl. The summed E-state index contributed by atoms with van der Waals surface area (Å²) in [5, 5.41) is 3.07. The summed E-state index contributed by atoms with van der Waals surface area (Å²) in [6.07, 6.45) is 0.402. The van der Waals surface area contributed by atoms with Crippen LogP contribution < -0.4 is 10.0 Å². The van der Waals surface area contributed by atoms with Gasteiger partial charge in [0, 0.05) is 30.7 Å². The summed E-state index contributed by atoms with van der Waals surface area (Å²) in [6, 6.07) is 10.2. The van der Waals surface area contributed by atoms with E-state index in [9.17, 15) is 22.8 Å². The average molecular weight is 654 g/mol. The van der Waals surface area contributed by atoms with Gasteiger partial charge in [0.1, 0.15) is 10.9 Å². The standard InChI is InChI=1S/C29H38Cl2N6O5S/c1-6-36(26(38)17-32-43(41,42)25-12-11-20(30)16-21(25)31)13-14-37(19(4)5)29(40)24(15-18(2)3)35-28(39)27-33-22-9-7-8-10-23(22)34-27/h7-12,16,18-19,24,32H,6,13-15,17H2,1-5H3,(H,33,34)(H,35,39)/t24-/m0/s1. The molecule has 1 heterocycles. The number of aromatic amines is 1. The van der Waals surface area contributed by atoms with E-state index >= 15 is 0 Å². The number of fused-ring (bicyclic) bond motifs is 1. The van der Waals surface area contributed by atoms with Gasteiger partial charge >= 0.3 is 0 Å². The highest BCUT2D eigenvalue weighted by Crippen LogP contribution is 2.24. The van der Waals surface area contributed by atoms with Gasteiger partial charge in [0.25, 0.3) is 5.91 Å². The summed E-state index contributed by atoms with van der Waals surface area (Å²) in [4.78, 5) is 50.0. The third-order valence-electron chi connectivity index (χ3n) is 6.76. The second kappa shape index (κ2) is 15.0. The maximum atomic E-state index is 13.8. The normalized spacial score (nSPS) is 12.5. The van der Waals surface area contributed by atoms with Crippen molar-refractivity contribution in [1.82, 2.24) is 29.8 Å². The van der Waals surface area contributed by atoms with Gasteiger partial charge in [-0.3, -0.25) is 14.4 Å². The lowest BCUT2D eigenvalue weighted by Crippen LogP contribution is -2.53. The Hall–Kier alpha value is -3.19. The number of aromatic nitrogens is 2. The lowest BCUT2D eigenvalue weighted by molar-refractivity contribution is -0.137. The average Bonchev–Trinajstić information content (AvgIpc) is 3.37. The molecule has 0 bridgehead atoms. The summed E-state index contributed by atoms with van der Waals surface area (Å²) in [6.45, 7) is 9.54. The fraction of sp³-hybridized carbons (Fsp3) is 0.448. The number of nitrogens with one attached hydrogen (secondary N) is 3. The molecule has 1 atom stereocenters. The van der Waals surface area contributed by atoms with Gasteiger partial charge in [-0.1, -0.05) is 49.2 Å². The van der Waals surface area contributed by atoms with E-state index in [0.717, 1.165) is 0 Å². The maximum Gasteiger partial charge on any atom is 0.287 e. The third kappa shape index (κ3) is 9.15. The molecule has 14 heteroatoms. The Labute approximate surface area is 262 Å². The Morgan fingerprint density at radius 3 is 2.33 bits per heavy atom. The number of H-pyrrole nitrogens is 1. The highest BCUT2D eigenvalue weighted by Gasteiger charge is 2.30. The molecule has 3 N–H and O–H groups in total. The lowest BCUT2D eigenvalue weighted by Gasteiger charge is -2.33. The van der Waals surface area contributed by atoms with Crippen LogP contribution in [0.2, 0.25) is 10.0 Å². The predicted molar refractivity (Wildman–Crippen MR) is 168 cm³/mol. The van der Waals surface area contributed by atoms with Crippen LogP contribution in [0.1, 0.15) is 51.7 Å². The number of carbonyl (C=O) groups excluding carboxylic acids is 3. The van der Waals surface area contributed by atoms with Crippen LogP contribution in [0.15, 0.2) is 47.4 Å². The number of benzene rings is 2. The summed E-state index contributed by atoms with van der Waals surface area (Å²) in [5.74, 6) is -1.02. The van der Waals surface area contributed by atoms with Crippen molar-refractivity contribution in [3.63, 3.8) is 0 Å². The third-order valence-corrected chi connectivity index (χ3v) is 8.88. The van der Waals surface area contributed by atoms with Crippen molar-refractivity contribution in [3.8, 4) is 0 Å². The number of carbonyl (C=O) groups is 3. The van der Waals surface area contributed by atoms with Crippen molar-refractivity contribution in [1.29, 1.82) is 0 Å². The van der Waals surface area contributed by atoms with Gasteiger partial charge in [0.05, 0.1) is 22.6 Å². The van der Waals surface area contributed by atoms with Crippen molar-refractivity contribution in [2.45, 2.75) is 58.0 Å². The predicted octanol–water partition coefficient (Wildman–Crippen LogP) is 4.08. The highest BCUT2D eigenvalue weighted by molar-refractivity contribution is 7.89. The fourth-order valence-electron chi connectivity index (χ4n) is 4.53. The maximum absolute atomic E-state index is 13.8. The number of rotatable bonds is 14. The Kier molecular flexibility index (Phi) is 12.0. The van der Waals surface area contributed by atoms with Crippen LogP contribution in [-0.4, -0.2) is 84.2 Å². The number of hydrogen-bond donors (Lipinski definition) is 3. The van der Waals surface area contributed by atoms with Crippen LogP contribution in [0.3, 0.4) is 0 Å². The summed E-state index contributed by atoms with van der Waals surface area (Å²) < 4.78 is 27.7. The Bertz CT molecular complexity index is 1530. The first kappa shape index (κ1) is 34.3. The molecule has 234 valence electrons. The first-order chi connectivity index (χ1) is 20.2. The van der Waals surface area contributed by atoms with Crippen molar-refractivity contribution in [2.24, 2.45) is 5.92 Å². The van der Waals surface area contributed by atoms with Crippen LogP contribution >= 0.6 is 23.2 Å². The van der Waals surface area contributed by atoms with Crippen LogP contribution in [0.4, 0.5) is 0 Å². The van der Waals surface area contributed by atoms with E-state index in [4.69, 9.17) is 23.2 Å². The van der Waals surface area contributed by atoms with Gasteiger partial charge in [-0.2, -0.15) is 0 Å². The van der Waals surface area contributed by atoms with E-state index in [-0.39, 0.29) is 51.7 Å². The molecular formula is C29H38Cl2N6O5S. The number of halogens is 2. The van der Waals surface area contributed by atoms with Crippen molar-refractivity contribution < 1.29 is 22.8 Å². The minimum Gasteiger partial charge on any atom is -0.340 e. The van der Waals surface area contributed by atoms with Crippen LogP contribution in [0.5, 0.6) is 0 Å². The molecule has 0 unspecified atom stereocenters. The van der Waals surface area contributed by atoms with Gasteiger partial charge in [0.15, 0.2) is 5.82 Å². The van der Waals surface area contributed by atoms with Gasteiger partial charge in [-0.05, 0) is 63.4 Å². The molecule has 0 saturated heterocycles. The first-order valence-corrected chi connectivity index (χ1v) is 16.3. The van der Waals surface area contributed by atoms with Crippen LogP contribution in [-0.2, 0) is 19.6 Å². The molecule has 3 amide bonds. The molecule has 3 rings (SSSR count). The second-order valence-corrected chi connectivity index (χ2v) is 13.3. The van der Waals surface area contributed by atoms with Gasteiger partial charge in [-0.25, -0.2) is 18.1 Å². The molecule has 43 heavy (non-hydrogen) atoms. The first-order valence-electron chi connectivity index (χ1n) is 14.0. The number of likely N-dealkylation sites (N-methyl/N-ethyl adjacent to an activating group) is 1. The van der Waals surface area contributed by atoms with Crippen molar-refractivity contribution in [3.05, 3.63) is 58.3 Å². The molecule has 11 nitrogen and oxygen atoms in total. The molecule has 1 aromatic heterocycles. The van der Waals surface area contributed by atoms with Crippen molar-refractivity contribution >= 4 is 62.0 Å². The quantitative estimate of drug-likeness (QED) is 0.239. The highest BCUT2D eigenvalue weighted by atomic mass is 35.5. The largest absolute Gasteiger partial charge is 0.340 e. The Morgan fingerprint density at radius 2 is 1.72 bits per heavy atom. The number of nitrogens with zero attached hydrogens (tertiary/aromatic N) is 3. The minimum absolute atomic E-state index is 0.0609. The van der Waals surface area contributed by atoms with E-state index in [1.807, 2.05) is 45.9 Å². The molecule has 0 aliphatic carbocycles. The van der Waals surface area contributed by atoms with E-state index < -0.39 is 34.4 Å². The smallest absolute Gasteiger partial charge is 0.287 e. The number of hydrogen-bond acceptors (Lipinski definition) is 6. The van der Waals surface area contributed by atoms with E-state index in [2.05, 4.69) is 20.0 Å². The molecule has 0 spiro atoms. The topological polar surface area (TPSA) is 145 Å². The zero-order chi connectivity index (χ0) is 31.9. The number of amides is 3. The molecular weight excluding hydrogens is 615 g/mol. The van der Waals surface area contributed by atoms with Gasteiger partial charge in [-0.15, -0.1) is 0 Å². The van der Waals surface area contributed by atoms with Gasteiger partial charge in [0.2, 0.25) is 21.8 Å². The zero-order valence-corrected chi connectivity index (χ0v) is 27.2. The lowest BCUT2D eigenvalue weighted by atomic mass is 10.0. The number of para-hydroxylation sites is 2. The van der Waals surface area contributed by atoms with Crippen LogP contribution in [0.25, 0.3) is 11.0 Å². The van der Waals surface area contributed by atoms with E-state index in [1.54, 1.807) is 17.9 Å². The molecule has 3 aromatic rings. The molecule has 0 aliphatic rings. The molecule has 2 aromatic carbocycles. The second-order valence-electron chi connectivity index (χ2n) is 10.8. The monoisotopic (exact) mass is 652 g/mol. The number of imidazole rings is 1. The molecule has 0 radical (unpaired) electrons. The minimum atomic E-state index is -4.07. The summed E-state index contributed by atoms with van der Waals surface area (Å²) in [7, 11) is -4.07. The van der Waals surface area contributed by atoms with Crippen molar-refractivity contribution in [2.75, 3.05) is 26.2 Å². The summed E-state index contributed by atoms with van der Waals surface area (Å²) in [5.41, 5.74) is 1.36. The fourth-order valence-corrected chi connectivity index (χ4v) is 6.27. The molecule has 0 fully saturated rings. The zero-order valence-electron chi connectivity index (χ0n) is 24.9. The van der Waals surface area contributed by atoms with Crippen LogP contribution in [0, 0.1) is 5.92 Å². The van der Waals surface area contributed by atoms with Gasteiger partial charge < -0.3 is 20.1 Å². The van der Waals surface area contributed by atoms with E-state index in [0.29, 0.717) is 24.0 Å². The molecule has 0 aliphatic heterocycles. The van der Waals surface area contributed by atoms with E-state index in [1.165, 1.54) is 23.1 Å².